The van der Waals surface area contributed by atoms with Gasteiger partial charge in [0.25, 0.3) is 0 Å². The molecule has 2 heterocycles. The Kier molecular flexibility index (Phi) is 4.20. The summed E-state index contributed by atoms with van der Waals surface area (Å²) in [5.41, 5.74) is 21.3. The van der Waals surface area contributed by atoms with E-state index in [1.165, 1.54) is 0 Å². The third kappa shape index (κ3) is 3.29. The predicted octanol–water partition coefficient (Wildman–Crippen LogP) is 5.62. The SMILES string of the molecule is Cn1c(-c2ccc(N)cc2)nc2cc(-c3ccc4[nH]c(-c5ccc(N)cc5)nc4c3)ccc21. The number of hydrogen-bond donors (Lipinski definition) is 3. The van der Waals surface area contributed by atoms with Crippen molar-refractivity contribution in [1.82, 2.24) is 19.5 Å². The highest BCUT2D eigenvalue weighted by Crippen LogP contribution is 2.30. The minimum Gasteiger partial charge on any atom is -0.399 e. The second-order valence-corrected chi connectivity index (χ2v) is 8.26. The minimum absolute atomic E-state index is 0.738. The number of nitrogens with one attached hydrogen (secondary N) is 1. The van der Waals surface area contributed by atoms with Crippen molar-refractivity contribution in [3.8, 4) is 33.9 Å². The summed E-state index contributed by atoms with van der Waals surface area (Å²) in [6.07, 6.45) is 0. The van der Waals surface area contributed by atoms with E-state index in [2.05, 4.69) is 45.9 Å². The highest BCUT2D eigenvalue weighted by molar-refractivity contribution is 5.89. The van der Waals surface area contributed by atoms with Gasteiger partial charge in [-0.15, -0.1) is 0 Å². The molecule has 5 N–H and O–H groups in total. The lowest BCUT2D eigenvalue weighted by Gasteiger charge is -2.04. The maximum atomic E-state index is 5.84. The number of nitrogens with two attached hydrogens (primary N) is 2. The van der Waals surface area contributed by atoms with Crippen LogP contribution in [0.2, 0.25) is 0 Å². The van der Waals surface area contributed by atoms with Crippen LogP contribution in [-0.2, 0) is 7.05 Å². The Morgan fingerprint density at radius 3 is 1.91 bits per heavy atom. The lowest BCUT2D eigenvalue weighted by molar-refractivity contribution is 0.959. The summed E-state index contributed by atoms with van der Waals surface area (Å²) < 4.78 is 2.11. The van der Waals surface area contributed by atoms with E-state index in [4.69, 9.17) is 21.4 Å². The van der Waals surface area contributed by atoms with E-state index in [0.717, 1.165) is 67.3 Å². The first-order valence-electron chi connectivity index (χ1n) is 10.7. The molecule has 160 valence electrons. The van der Waals surface area contributed by atoms with Crippen molar-refractivity contribution >= 4 is 33.4 Å². The summed E-state index contributed by atoms with van der Waals surface area (Å²) >= 11 is 0. The molecule has 0 saturated heterocycles. The molecule has 33 heavy (non-hydrogen) atoms. The fraction of sp³-hybridized carbons (Fsp3) is 0.0370. The van der Waals surface area contributed by atoms with Crippen LogP contribution in [0.15, 0.2) is 84.9 Å². The Bertz CT molecular complexity index is 1620. The second-order valence-electron chi connectivity index (χ2n) is 8.26. The van der Waals surface area contributed by atoms with Crippen molar-refractivity contribution in [2.45, 2.75) is 0 Å². The van der Waals surface area contributed by atoms with Gasteiger partial charge in [0, 0.05) is 29.5 Å². The Morgan fingerprint density at radius 2 is 1.21 bits per heavy atom. The zero-order valence-corrected chi connectivity index (χ0v) is 18.1. The summed E-state index contributed by atoms with van der Waals surface area (Å²) in [5.74, 6) is 1.74. The van der Waals surface area contributed by atoms with Gasteiger partial charge < -0.3 is 21.0 Å². The van der Waals surface area contributed by atoms with Crippen LogP contribution in [0.4, 0.5) is 11.4 Å². The molecule has 0 unspecified atom stereocenters. The molecule has 6 heteroatoms. The number of aromatic amines is 1. The summed E-state index contributed by atoms with van der Waals surface area (Å²) in [7, 11) is 2.04. The predicted molar refractivity (Wildman–Crippen MR) is 135 cm³/mol. The van der Waals surface area contributed by atoms with E-state index >= 15 is 0 Å². The summed E-state index contributed by atoms with van der Waals surface area (Å²) in [6.45, 7) is 0. The van der Waals surface area contributed by atoms with E-state index in [9.17, 15) is 0 Å². The smallest absolute Gasteiger partial charge is 0.140 e. The second kappa shape index (κ2) is 7.24. The number of benzene rings is 4. The molecule has 6 aromatic rings. The third-order valence-electron chi connectivity index (χ3n) is 6.05. The number of aromatic nitrogens is 4. The molecule has 0 amide bonds. The number of H-pyrrole nitrogens is 1. The Balaban J connectivity index is 1.40. The normalized spacial score (nSPS) is 11.4. The standard InChI is InChI=1S/C27H22N6/c1-33-25-13-7-19(15-24(25)32-27(33)17-4-10-21(29)11-5-17)18-6-12-22-23(14-18)31-26(30-22)16-2-8-20(28)9-3-16/h2-15H,28-29H2,1H3,(H,30,31). The van der Waals surface area contributed by atoms with Crippen LogP contribution in [-0.4, -0.2) is 19.5 Å². The number of nitrogens with zero attached hydrogens (tertiary/aromatic N) is 3. The third-order valence-corrected chi connectivity index (χ3v) is 6.05. The van der Waals surface area contributed by atoms with E-state index in [-0.39, 0.29) is 0 Å². The van der Waals surface area contributed by atoms with Gasteiger partial charge in [0.1, 0.15) is 11.6 Å². The van der Waals surface area contributed by atoms with Crippen LogP contribution in [0.3, 0.4) is 0 Å². The number of hydrogen-bond acceptors (Lipinski definition) is 4. The molecular formula is C27H22N6. The number of nitrogen functional groups attached to an aromatic ring is 2. The van der Waals surface area contributed by atoms with E-state index in [1.807, 2.05) is 55.6 Å². The number of fused-ring (bicyclic) bond motifs is 2. The van der Waals surface area contributed by atoms with Gasteiger partial charge in [0.05, 0.1) is 22.1 Å². The van der Waals surface area contributed by atoms with E-state index in [1.54, 1.807) is 0 Å². The average molecular weight is 431 g/mol. The Hall–Kier alpha value is -4.58. The first-order valence-corrected chi connectivity index (χ1v) is 10.7. The van der Waals surface area contributed by atoms with Crippen LogP contribution in [0.5, 0.6) is 0 Å². The minimum atomic E-state index is 0.738. The van der Waals surface area contributed by atoms with Crippen molar-refractivity contribution < 1.29 is 0 Å². The van der Waals surface area contributed by atoms with E-state index in [0.29, 0.717) is 0 Å². The molecule has 6 nitrogen and oxygen atoms in total. The van der Waals surface area contributed by atoms with Gasteiger partial charge in [-0.2, -0.15) is 0 Å². The number of rotatable bonds is 3. The molecule has 0 atom stereocenters. The monoisotopic (exact) mass is 430 g/mol. The summed E-state index contributed by atoms with van der Waals surface area (Å²) in [5, 5.41) is 0. The first kappa shape index (κ1) is 19.1. The number of imidazole rings is 2. The van der Waals surface area contributed by atoms with Gasteiger partial charge in [-0.1, -0.05) is 12.1 Å². The highest BCUT2D eigenvalue weighted by atomic mass is 15.1. The van der Waals surface area contributed by atoms with Gasteiger partial charge in [-0.3, -0.25) is 0 Å². The Morgan fingerprint density at radius 1 is 0.636 bits per heavy atom. The van der Waals surface area contributed by atoms with Gasteiger partial charge in [0.15, 0.2) is 0 Å². The van der Waals surface area contributed by atoms with Crippen LogP contribution in [0, 0.1) is 0 Å². The number of anilines is 2. The fourth-order valence-electron chi connectivity index (χ4n) is 4.23. The van der Waals surface area contributed by atoms with Crippen LogP contribution in [0.1, 0.15) is 0 Å². The van der Waals surface area contributed by atoms with Crippen molar-refractivity contribution in [1.29, 1.82) is 0 Å². The van der Waals surface area contributed by atoms with Gasteiger partial charge in [-0.25, -0.2) is 9.97 Å². The molecule has 0 spiro atoms. The molecule has 0 aliphatic carbocycles. The molecule has 0 aliphatic rings. The van der Waals surface area contributed by atoms with Crippen molar-refractivity contribution in [3.63, 3.8) is 0 Å². The molecule has 0 fully saturated rings. The molecular weight excluding hydrogens is 408 g/mol. The lowest BCUT2D eigenvalue weighted by Crippen LogP contribution is -1.92. The van der Waals surface area contributed by atoms with Crippen molar-refractivity contribution in [3.05, 3.63) is 84.9 Å². The van der Waals surface area contributed by atoms with Gasteiger partial charge >= 0.3 is 0 Å². The van der Waals surface area contributed by atoms with Crippen molar-refractivity contribution in [2.24, 2.45) is 7.05 Å². The molecule has 0 saturated carbocycles. The maximum absolute atomic E-state index is 5.84. The van der Waals surface area contributed by atoms with E-state index < -0.39 is 0 Å². The summed E-state index contributed by atoms with van der Waals surface area (Å²) in [4.78, 5) is 13.1. The van der Waals surface area contributed by atoms with Crippen LogP contribution < -0.4 is 11.5 Å². The molecule has 2 aromatic heterocycles. The number of aryl methyl sites for hydroxylation is 1. The van der Waals surface area contributed by atoms with Crippen LogP contribution >= 0.6 is 0 Å². The summed E-state index contributed by atoms with van der Waals surface area (Å²) in [6, 6.07) is 28.2. The lowest BCUT2D eigenvalue weighted by atomic mass is 10.0. The topological polar surface area (TPSA) is 98.5 Å². The maximum Gasteiger partial charge on any atom is 0.140 e. The Labute approximate surface area is 190 Å². The zero-order valence-electron chi connectivity index (χ0n) is 18.1. The van der Waals surface area contributed by atoms with Gasteiger partial charge in [0.2, 0.25) is 0 Å². The zero-order chi connectivity index (χ0) is 22.5. The van der Waals surface area contributed by atoms with Gasteiger partial charge in [-0.05, 0) is 83.9 Å². The average Bonchev–Trinajstić information content (AvgIpc) is 3.40. The fourth-order valence-corrected chi connectivity index (χ4v) is 4.23. The first-order chi connectivity index (χ1) is 16.0. The highest BCUT2D eigenvalue weighted by Gasteiger charge is 2.12. The molecule has 6 rings (SSSR count). The quantitative estimate of drug-likeness (QED) is 0.318. The largest absolute Gasteiger partial charge is 0.399 e. The molecule has 4 aromatic carbocycles. The van der Waals surface area contributed by atoms with Crippen LogP contribution in [0.25, 0.3) is 56.0 Å². The van der Waals surface area contributed by atoms with Crippen molar-refractivity contribution in [2.75, 3.05) is 11.5 Å². The molecule has 0 bridgehead atoms. The molecule has 0 radical (unpaired) electrons. The molecule has 0 aliphatic heterocycles.